The molecule has 1 aromatic rings. The lowest BCUT2D eigenvalue weighted by molar-refractivity contribution is -0.134. The Morgan fingerprint density at radius 1 is 1.41 bits per heavy atom. The molecule has 0 heterocycles. The molecule has 3 nitrogen and oxygen atoms in total. The lowest BCUT2D eigenvalue weighted by Crippen LogP contribution is -2.35. The molecule has 0 aliphatic heterocycles. The van der Waals surface area contributed by atoms with Crippen LogP contribution in [-0.4, -0.2) is 24.4 Å². The van der Waals surface area contributed by atoms with Gasteiger partial charge in [-0.3, -0.25) is 4.79 Å². The molecule has 0 bridgehead atoms. The van der Waals surface area contributed by atoms with Gasteiger partial charge >= 0.3 is 0 Å². The summed E-state index contributed by atoms with van der Waals surface area (Å²) in [4.78, 5) is 13.7. The Hall–Kier alpha value is -1.06. The first kappa shape index (κ1) is 14.0. The largest absolute Gasteiger partial charge is 0.341 e. The van der Waals surface area contributed by atoms with Crippen LogP contribution in [-0.2, 0) is 11.3 Å². The van der Waals surface area contributed by atoms with Crippen LogP contribution in [0, 0.1) is 5.92 Å². The molecule has 1 atom stereocenters. The van der Waals surface area contributed by atoms with Crippen molar-refractivity contribution in [3.63, 3.8) is 0 Å². The van der Waals surface area contributed by atoms with Crippen LogP contribution in [0.2, 0.25) is 5.02 Å². The SMILES string of the molecule is CCC(CN)C(=O)N(C)Cc1ccc(Cl)cc1. The van der Waals surface area contributed by atoms with Crippen molar-refractivity contribution in [3.05, 3.63) is 34.9 Å². The van der Waals surface area contributed by atoms with Gasteiger partial charge in [0.1, 0.15) is 0 Å². The fraction of sp³-hybridized carbons (Fsp3) is 0.462. The lowest BCUT2D eigenvalue weighted by Gasteiger charge is -2.22. The van der Waals surface area contributed by atoms with Gasteiger partial charge in [0.05, 0.1) is 5.92 Å². The Balaban J connectivity index is 2.62. The molecule has 0 fully saturated rings. The quantitative estimate of drug-likeness (QED) is 0.876. The molecule has 0 aromatic heterocycles. The third-order valence-corrected chi connectivity index (χ3v) is 3.09. The van der Waals surface area contributed by atoms with Crippen LogP contribution < -0.4 is 5.73 Å². The number of amides is 1. The summed E-state index contributed by atoms with van der Waals surface area (Å²) in [5.74, 6) is 0.0252. The molecule has 0 saturated carbocycles. The standard InChI is InChI=1S/C13H19ClN2O/c1-3-11(8-15)13(17)16(2)9-10-4-6-12(14)7-5-10/h4-7,11H,3,8-9,15H2,1-2H3. The van der Waals surface area contributed by atoms with Crippen molar-refractivity contribution in [2.75, 3.05) is 13.6 Å². The molecule has 0 radical (unpaired) electrons. The van der Waals surface area contributed by atoms with E-state index in [0.717, 1.165) is 12.0 Å². The van der Waals surface area contributed by atoms with Crippen molar-refractivity contribution < 1.29 is 4.79 Å². The molecule has 94 valence electrons. The summed E-state index contributed by atoms with van der Waals surface area (Å²) in [5, 5.41) is 0.705. The van der Waals surface area contributed by atoms with Crippen molar-refractivity contribution in [1.29, 1.82) is 0 Å². The lowest BCUT2D eigenvalue weighted by atomic mass is 10.1. The number of hydrogen-bond donors (Lipinski definition) is 1. The third-order valence-electron chi connectivity index (χ3n) is 2.84. The summed E-state index contributed by atoms with van der Waals surface area (Å²) >= 11 is 5.81. The molecule has 0 spiro atoms. The fourth-order valence-corrected chi connectivity index (χ4v) is 1.82. The van der Waals surface area contributed by atoms with Gasteiger partial charge in [0.25, 0.3) is 0 Å². The first-order chi connectivity index (χ1) is 8.08. The van der Waals surface area contributed by atoms with Gasteiger partial charge in [-0.2, -0.15) is 0 Å². The number of halogens is 1. The van der Waals surface area contributed by atoms with Crippen molar-refractivity contribution in [2.24, 2.45) is 11.7 Å². The molecular weight excluding hydrogens is 236 g/mol. The summed E-state index contributed by atoms with van der Waals surface area (Å²) in [7, 11) is 1.80. The van der Waals surface area contributed by atoms with Gasteiger partial charge in [-0.05, 0) is 24.1 Å². The number of rotatable bonds is 5. The number of hydrogen-bond acceptors (Lipinski definition) is 2. The molecule has 17 heavy (non-hydrogen) atoms. The Morgan fingerprint density at radius 2 is 2.00 bits per heavy atom. The number of carbonyl (C=O) groups is 1. The molecular formula is C13H19ClN2O. The first-order valence-corrected chi connectivity index (χ1v) is 6.15. The maximum Gasteiger partial charge on any atom is 0.226 e. The number of carbonyl (C=O) groups excluding carboxylic acids is 1. The fourth-order valence-electron chi connectivity index (χ4n) is 1.70. The Kier molecular flexibility index (Phi) is 5.45. The molecule has 1 aromatic carbocycles. The summed E-state index contributed by atoms with van der Waals surface area (Å²) in [6.07, 6.45) is 0.778. The van der Waals surface area contributed by atoms with Gasteiger partial charge in [0.2, 0.25) is 5.91 Å². The average molecular weight is 255 g/mol. The highest BCUT2D eigenvalue weighted by Crippen LogP contribution is 2.12. The van der Waals surface area contributed by atoms with Gasteiger partial charge in [-0.1, -0.05) is 30.7 Å². The Morgan fingerprint density at radius 3 is 2.47 bits per heavy atom. The zero-order valence-corrected chi connectivity index (χ0v) is 11.1. The van der Waals surface area contributed by atoms with Crippen LogP contribution in [0.15, 0.2) is 24.3 Å². The van der Waals surface area contributed by atoms with E-state index in [2.05, 4.69) is 0 Å². The van der Waals surface area contributed by atoms with Gasteiger partial charge in [0, 0.05) is 25.2 Å². The molecule has 0 aliphatic rings. The molecule has 1 amide bonds. The molecule has 4 heteroatoms. The maximum absolute atomic E-state index is 12.0. The summed E-state index contributed by atoms with van der Waals surface area (Å²) in [6, 6.07) is 7.51. The van der Waals surface area contributed by atoms with E-state index in [0.29, 0.717) is 18.1 Å². The van der Waals surface area contributed by atoms with E-state index >= 15 is 0 Å². The molecule has 1 rings (SSSR count). The van der Waals surface area contributed by atoms with Gasteiger partial charge in [-0.25, -0.2) is 0 Å². The zero-order valence-electron chi connectivity index (χ0n) is 10.3. The van der Waals surface area contributed by atoms with Crippen LogP contribution >= 0.6 is 11.6 Å². The van der Waals surface area contributed by atoms with E-state index < -0.39 is 0 Å². The predicted molar refractivity (Wildman–Crippen MR) is 70.8 cm³/mol. The van der Waals surface area contributed by atoms with Crippen molar-refractivity contribution >= 4 is 17.5 Å². The van der Waals surface area contributed by atoms with Crippen LogP contribution in [0.1, 0.15) is 18.9 Å². The molecule has 1 unspecified atom stereocenters. The molecule has 0 aliphatic carbocycles. The predicted octanol–water partition coefficient (Wildman–Crippen LogP) is 2.28. The van der Waals surface area contributed by atoms with E-state index in [1.54, 1.807) is 11.9 Å². The Labute approximate surface area is 108 Å². The van der Waals surface area contributed by atoms with Crippen molar-refractivity contribution in [1.82, 2.24) is 4.90 Å². The average Bonchev–Trinajstić information content (AvgIpc) is 2.33. The van der Waals surface area contributed by atoms with Crippen LogP contribution in [0.4, 0.5) is 0 Å². The second-order valence-electron chi connectivity index (χ2n) is 4.16. The minimum atomic E-state index is -0.0766. The zero-order chi connectivity index (χ0) is 12.8. The van der Waals surface area contributed by atoms with Crippen molar-refractivity contribution in [2.45, 2.75) is 19.9 Å². The number of nitrogens with two attached hydrogens (primary N) is 1. The van der Waals surface area contributed by atoms with Crippen LogP contribution in [0.25, 0.3) is 0 Å². The first-order valence-electron chi connectivity index (χ1n) is 5.78. The van der Waals surface area contributed by atoms with E-state index in [-0.39, 0.29) is 11.8 Å². The normalized spacial score (nSPS) is 12.2. The van der Waals surface area contributed by atoms with E-state index in [1.165, 1.54) is 0 Å². The highest BCUT2D eigenvalue weighted by molar-refractivity contribution is 6.30. The monoisotopic (exact) mass is 254 g/mol. The minimum absolute atomic E-state index is 0.0766. The number of benzene rings is 1. The Bertz CT molecular complexity index is 360. The van der Waals surface area contributed by atoms with Gasteiger partial charge in [-0.15, -0.1) is 0 Å². The summed E-state index contributed by atoms with van der Waals surface area (Å²) in [6.45, 7) is 2.97. The highest BCUT2D eigenvalue weighted by atomic mass is 35.5. The van der Waals surface area contributed by atoms with Gasteiger partial charge < -0.3 is 10.6 Å². The third kappa shape index (κ3) is 4.02. The van der Waals surface area contributed by atoms with E-state index in [4.69, 9.17) is 17.3 Å². The molecule has 0 saturated heterocycles. The highest BCUT2D eigenvalue weighted by Gasteiger charge is 2.18. The van der Waals surface area contributed by atoms with Crippen molar-refractivity contribution in [3.8, 4) is 0 Å². The van der Waals surface area contributed by atoms with Crippen LogP contribution in [0.5, 0.6) is 0 Å². The van der Waals surface area contributed by atoms with E-state index in [9.17, 15) is 4.79 Å². The summed E-state index contributed by atoms with van der Waals surface area (Å²) in [5.41, 5.74) is 6.64. The maximum atomic E-state index is 12.0. The van der Waals surface area contributed by atoms with Crippen LogP contribution in [0.3, 0.4) is 0 Å². The molecule has 2 N–H and O–H groups in total. The second-order valence-corrected chi connectivity index (χ2v) is 4.60. The minimum Gasteiger partial charge on any atom is -0.341 e. The topological polar surface area (TPSA) is 46.3 Å². The summed E-state index contributed by atoms with van der Waals surface area (Å²) < 4.78 is 0. The second kappa shape index (κ2) is 6.62. The van der Waals surface area contributed by atoms with Gasteiger partial charge in [0.15, 0.2) is 0 Å². The number of nitrogens with zero attached hydrogens (tertiary/aromatic N) is 1. The smallest absolute Gasteiger partial charge is 0.226 e. The van der Waals surface area contributed by atoms with E-state index in [1.807, 2.05) is 31.2 Å².